The molecular weight excluding hydrogens is 900 g/mol. The van der Waals surface area contributed by atoms with Crippen LogP contribution >= 0.6 is 7.82 Å². The van der Waals surface area contributed by atoms with Crippen LogP contribution in [0.5, 0.6) is 0 Å². The lowest BCUT2D eigenvalue weighted by molar-refractivity contribution is -0.870. The number of amides is 1. The first-order valence-electron chi connectivity index (χ1n) is 30.5. The average Bonchev–Trinajstić information content (AvgIpc) is 3.33. The van der Waals surface area contributed by atoms with Crippen LogP contribution in [0.3, 0.4) is 0 Å². The van der Waals surface area contributed by atoms with Crippen molar-refractivity contribution in [1.82, 2.24) is 5.32 Å². The van der Waals surface area contributed by atoms with E-state index in [0.29, 0.717) is 17.4 Å². The van der Waals surface area contributed by atoms with Gasteiger partial charge in [-0.2, -0.15) is 0 Å². The summed E-state index contributed by atoms with van der Waals surface area (Å²) in [4.78, 5) is 25.5. The molecule has 0 bridgehead atoms. The van der Waals surface area contributed by atoms with Crippen molar-refractivity contribution in [3.05, 3.63) is 48.6 Å². The first-order chi connectivity index (χ1) is 34.5. The molecule has 0 aliphatic heterocycles. The van der Waals surface area contributed by atoms with Gasteiger partial charge in [-0.3, -0.25) is 9.36 Å². The minimum absolute atomic E-state index is 0.00925. The van der Waals surface area contributed by atoms with Crippen molar-refractivity contribution >= 4 is 13.7 Å². The monoisotopic (exact) mass is 1020 g/mol. The van der Waals surface area contributed by atoms with E-state index in [1.54, 1.807) is 6.08 Å². The van der Waals surface area contributed by atoms with Crippen molar-refractivity contribution in [3.63, 3.8) is 0 Å². The van der Waals surface area contributed by atoms with E-state index < -0.39 is 26.6 Å². The van der Waals surface area contributed by atoms with Gasteiger partial charge in [-0.15, -0.1) is 0 Å². The number of likely N-dealkylation sites (N-methyl/N-ethyl adjacent to an activating group) is 1. The highest BCUT2D eigenvalue weighted by molar-refractivity contribution is 7.45. The zero-order chi connectivity index (χ0) is 52.0. The van der Waals surface area contributed by atoms with E-state index in [2.05, 4.69) is 55.6 Å². The number of hydrogen-bond donors (Lipinski definition) is 2. The summed E-state index contributed by atoms with van der Waals surface area (Å²) in [6, 6.07) is -0.911. The first kappa shape index (κ1) is 69.5. The van der Waals surface area contributed by atoms with Gasteiger partial charge in [0.05, 0.1) is 39.9 Å². The Balaban J connectivity index is 4.22. The molecule has 0 aliphatic rings. The fourth-order valence-electron chi connectivity index (χ4n) is 8.95. The van der Waals surface area contributed by atoms with Crippen LogP contribution in [-0.2, 0) is 18.4 Å². The van der Waals surface area contributed by atoms with Crippen LogP contribution in [-0.4, -0.2) is 68.5 Å². The third-order valence-corrected chi connectivity index (χ3v) is 14.7. The van der Waals surface area contributed by atoms with Gasteiger partial charge in [0.2, 0.25) is 5.91 Å². The molecule has 8 nitrogen and oxygen atoms in total. The molecule has 0 rings (SSSR count). The Labute approximate surface area is 441 Å². The zero-order valence-corrected chi connectivity index (χ0v) is 48.6. The van der Waals surface area contributed by atoms with Crippen molar-refractivity contribution in [2.75, 3.05) is 40.9 Å². The molecule has 3 atom stereocenters. The number of carbonyl (C=O) groups is 1. The number of carbonyl (C=O) groups excluding carboxylic acids is 1. The number of rotatable bonds is 56. The third kappa shape index (κ3) is 56.0. The van der Waals surface area contributed by atoms with Crippen molar-refractivity contribution < 1.29 is 32.9 Å². The Bertz CT molecular complexity index is 1290. The number of aliphatic hydroxyl groups excluding tert-OH is 1. The highest BCUT2D eigenvalue weighted by Crippen LogP contribution is 2.38. The van der Waals surface area contributed by atoms with E-state index in [1.807, 2.05) is 27.2 Å². The van der Waals surface area contributed by atoms with Gasteiger partial charge in [0.1, 0.15) is 13.2 Å². The third-order valence-electron chi connectivity index (χ3n) is 13.7. The molecule has 0 saturated heterocycles. The van der Waals surface area contributed by atoms with Crippen LogP contribution in [0.1, 0.15) is 290 Å². The molecule has 2 N–H and O–H groups in total. The van der Waals surface area contributed by atoms with Gasteiger partial charge in [0.15, 0.2) is 0 Å². The second-order valence-electron chi connectivity index (χ2n) is 22.0. The van der Waals surface area contributed by atoms with Crippen molar-refractivity contribution in [1.29, 1.82) is 0 Å². The second kappa shape index (κ2) is 53.3. The molecule has 0 spiro atoms. The number of allylic oxidation sites excluding steroid dienone is 7. The van der Waals surface area contributed by atoms with Crippen LogP contribution in [0.15, 0.2) is 48.6 Å². The molecular formula is C62H119N2O6P. The molecule has 0 aliphatic carbocycles. The molecule has 0 radical (unpaired) electrons. The minimum Gasteiger partial charge on any atom is -0.756 e. The molecule has 0 aromatic rings. The maximum absolute atomic E-state index is 13.0. The Kier molecular flexibility index (Phi) is 52.1. The highest BCUT2D eigenvalue weighted by atomic mass is 31.2. The molecule has 0 saturated carbocycles. The fourth-order valence-corrected chi connectivity index (χ4v) is 9.67. The summed E-state index contributed by atoms with van der Waals surface area (Å²) in [6.07, 6.45) is 70.6. The Hall–Kier alpha value is -1.54. The lowest BCUT2D eigenvalue weighted by atomic mass is 10.0. The van der Waals surface area contributed by atoms with Gasteiger partial charge < -0.3 is 28.8 Å². The van der Waals surface area contributed by atoms with E-state index >= 15 is 0 Å². The number of nitrogens with zero attached hydrogens (tertiary/aromatic N) is 1. The van der Waals surface area contributed by atoms with Crippen molar-refractivity contribution in [3.8, 4) is 0 Å². The summed E-state index contributed by atoms with van der Waals surface area (Å²) >= 11 is 0. The van der Waals surface area contributed by atoms with E-state index in [0.717, 1.165) is 44.9 Å². The smallest absolute Gasteiger partial charge is 0.268 e. The molecule has 71 heavy (non-hydrogen) atoms. The van der Waals surface area contributed by atoms with Gasteiger partial charge in [0, 0.05) is 6.42 Å². The van der Waals surface area contributed by atoms with E-state index in [1.165, 1.54) is 225 Å². The standard InChI is InChI=1S/C62H119N2O6P/c1-6-8-10-12-14-16-18-20-22-24-26-28-30-31-32-33-34-36-38-40-42-44-46-48-50-52-54-56-62(66)63-60(59-70-71(67,68)69-58-57-64(3,4)5)61(65)55-53-51-49-47-45-43-41-39-37-35-29-27-25-23-21-19-17-15-13-11-9-7-2/h31-32,37,39,45,47,53,55,60-61,65H,6-30,33-36,38,40-44,46,48-52,54,56-59H2,1-5H3,(H-,63,66,67,68)/b32-31-,39-37+,47-45+,55-53+. The second-order valence-corrected chi connectivity index (χ2v) is 23.4. The normalized spacial score (nSPS) is 14.2. The lowest BCUT2D eigenvalue weighted by Gasteiger charge is -2.29. The molecule has 0 heterocycles. The Morgan fingerprint density at radius 3 is 1.14 bits per heavy atom. The molecule has 0 aromatic heterocycles. The van der Waals surface area contributed by atoms with Gasteiger partial charge in [-0.1, -0.05) is 262 Å². The Morgan fingerprint density at radius 1 is 0.479 bits per heavy atom. The molecule has 418 valence electrons. The van der Waals surface area contributed by atoms with Gasteiger partial charge in [0.25, 0.3) is 7.82 Å². The number of unbranched alkanes of at least 4 members (excludes halogenated alkanes) is 37. The van der Waals surface area contributed by atoms with Crippen LogP contribution in [0.2, 0.25) is 0 Å². The summed E-state index contributed by atoms with van der Waals surface area (Å²) in [5.41, 5.74) is 0. The van der Waals surface area contributed by atoms with E-state index in [-0.39, 0.29) is 12.5 Å². The number of hydrogen-bond acceptors (Lipinski definition) is 6. The SMILES string of the molecule is CCCCCCCCCCCCCC/C=C\CCCCCCCCCCCCCC(=O)NC(COP(=O)([O-])OCC[N+](C)(C)C)C(O)/C=C/CC/C=C/CC/C=C/CCCCCCCCCCCCCC. The zero-order valence-electron chi connectivity index (χ0n) is 47.7. The van der Waals surface area contributed by atoms with Gasteiger partial charge in [-0.05, 0) is 70.6 Å². The molecule has 0 aromatic carbocycles. The topological polar surface area (TPSA) is 108 Å². The molecule has 9 heteroatoms. The van der Waals surface area contributed by atoms with Crippen molar-refractivity contribution in [2.24, 2.45) is 0 Å². The minimum atomic E-state index is -4.61. The largest absolute Gasteiger partial charge is 0.756 e. The van der Waals surface area contributed by atoms with Crippen LogP contribution in [0.25, 0.3) is 0 Å². The number of phosphoric acid groups is 1. The fraction of sp³-hybridized carbons (Fsp3) is 0.855. The summed E-state index contributed by atoms with van der Waals surface area (Å²) in [5.74, 6) is -0.209. The van der Waals surface area contributed by atoms with E-state index in [9.17, 15) is 19.4 Å². The summed E-state index contributed by atoms with van der Waals surface area (Å²) in [7, 11) is 1.24. The molecule has 3 unspecified atom stereocenters. The Morgan fingerprint density at radius 2 is 0.789 bits per heavy atom. The van der Waals surface area contributed by atoms with Gasteiger partial charge >= 0.3 is 0 Å². The predicted octanol–water partition coefficient (Wildman–Crippen LogP) is 18.1. The number of nitrogens with one attached hydrogen (secondary N) is 1. The van der Waals surface area contributed by atoms with Crippen LogP contribution in [0, 0.1) is 0 Å². The molecule has 0 fully saturated rings. The summed E-state index contributed by atoms with van der Waals surface area (Å²) in [5, 5.41) is 13.9. The molecule has 1 amide bonds. The van der Waals surface area contributed by atoms with Crippen molar-refractivity contribution in [2.45, 2.75) is 302 Å². The summed E-state index contributed by atoms with van der Waals surface area (Å²) < 4.78 is 23.4. The maximum atomic E-state index is 13.0. The van der Waals surface area contributed by atoms with Crippen LogP contribution in [0.4, 0.5) is 0 Å². The average molecular weight is 1020 g/mol. The number of quaternary nitrogens is 1. The number of phosphoric ester groups is 1. The lowest BCUT2D eigenvalue weighted by Crippen LogP contribution is -2.45. The first-order valence-corrected chi connectivity index (χ1v) is 32.0. The van der Waals surface area contributed by atoms with Crippen LogP contribution < -0.4 is 10.2 Å². The van der Waals surface area contributed by atoms with E-state index in [4.69, 9.17) is 9.05 Å². The quantitative estimate of drug-likeness (QED) is 0.0272. The summed E-state index contributed by atoms with van der Waals surface area (Å²) in [6.45, 7) is 4.65. The predicted molar refractivity (Wildman–Crippen MR) is 307 cm³/mol. The maximum Gasteiger partial charge on any atom is 0.268 e. The van der Waals surface area contributed by atoms with Gasteiger partial charge in [-0.25, -0.2) is 0 Å². The highest BCUT2D eigenvalue weighted by Gasteiger charge is 2.23. The number of aliphatic hydroxyl groups is 1.